The van der Waals surface area contributed by atoms with Crippen molar-refractivity contribution in [3.05, 3.63) is 206 Å². The molecule has 0 radical (unpaired) electrons. The maximum Gasteiger partial charge on any atom is 0.143 e. The Balaban J connectivity index is 1.02. The van der Waals surface area contributed by atoms with E-state index in [2.05, 4.69) is 182 Å². The van der Waals surface area contributed by atoms with E-state index < -0.39 is 0 Å². The zero-order valence-corrected chi connectivity index (χ0v) is 31.4. The zero-order valence-electron chi connectivity index (χ0n) is 31.4. The molecule has 270 valence electrons. The largest absolute Gasteiger partial charge is 0.455 e. The Bertz CT molecular complexity index is 3260. The molecule has 12 aromatic rings. The Morgan fingerprint density at radius 3 is 1.10 bits per heavy atom. The van der Waals surface area contributed by atoms with E-state index >= 15 is 0 Å². The maximum absolute atomic E-state index is 6.55. The highest BCUT2D eigenvalue weighted by atomic mass is 16.3. The van der Waals surface area contributed by atoms with Gasteiger partial charge in [-0.15, -0.1) is 0 Å². The molecule has 0 fully saturated rings. The SMILES string of the molecule is c1ccc(-c2oc3ccccc3c2-c2cccc(-c3ccc4ccc5c(-c6cccc(-c7c(-c8ccccc8)oc8ccccc78)c6)ccc6ccc3c4c65)c2)cc1. The highest BCUT2D eigenvalue weighted by Crippen LogP contribution is 2.46. The second-order valence-electron chi connectivity index (χ2n) is 15.1. The normalized spacial score (nSPS) is 11.8. The third-order valence-corrected chi connectivity index (χ3v) is 11.9. The fraction of sp³-hybridized carbons (Fsp3) is 0. The average molecular weight is 739 g/mol. The van der Waals surface area contributed by atoms with Crippen LogP contribution in [0.5, 0.6) is 0 Å². The van der Waals surface area contributed by atoms with Gasteiger partial charge in [-0.3, -0.25) is 0 Å². The quantitative estimate of drug-likeness (QED) is 0.159. The summed E-state index contributed by atoms with van der Waals surface area (Å²) in [6.07, 6.45) is 0. The minimum absolute atomic E-state index is 0.889. The summed E-state index contributed by atoms with van der Waals surface area (Å²) in [5.74, 6) is 1.78. The van der Waals surface area contributed by atoms with Crippen LogP contribution in [0.2, 0.25) is 0 Å². The van der Waals surface area contributed by atoms with E-state index in [1.54, 1.807) is 0 Å². The van der Waals surface area contributed by atoms with Gasteiger partial charge in [-0.2, -0.15) is 0 Å². The first-order valence-electron chi connectivity index (χ1n) is 19.8. The van der Waals surface area contributed by atoms with Gasteiger partial charge >= 0.3 is 0 Å². The van der Waals surface area contributed by atoms with Crippen molar-refractivity contribution in [1.29, 1.82) is 0 Å². The second kappa shape index (κ2) is 12.9. The molecule has 0 aliphatic carbocycles. The van der Waals surface area contributed by atoms with Crippen molar-refractivity contribution in [3.63, 3.8) is 0 Å². The molecule has 0 saturated heterocycles. The highest BCUT2D eigenvalue weighted by molar-refractivity contribution is 6.27. The van der Waals surface area contributed by atoms with Gasteiger partial charge in [0.1, 0.15) is 22.7 Å². The number of furan rings is 2. The van der Waals surface area contributed by atoms with Crippen molar-refractivity contribution < 1.29 is 8.83 Å². The molecule has 0 atom stereocenters. The molecular weight excluding hydrogens is 705 g/mol. The van der Waals surface area contributed by atoms with Gasteiger partial charge in [0.05, 0.1) is 0 Å². The average Bonchev–Trinajstić information content (AvgIpc) is 3.89. The molecular formula is C56H34O2. The Labute approximate surface area is 335 Å². The maximum atomic E-state index is 6.55. The number of hydrogen-bond donors (Lipinski definition) is 0. The first-order chi connectivity index (χ1) is 28.8. The van der Waals surface area contributed by atoms with Gasteiger partial charge in [-0.1, -0.05) is 182 Å². The summed E-state index contributed by atoms with van der Waals surface area (Å²) >= 11 is 0. The number of hydrogen-bond acceptors (Lipinski definition) is 2. The van der Waals surface area contributed by atoms with E-state index in [0.717, 1.165) is 66.8 Å². The number of rotatable bonds is 6. The smallest absolute Gasteiger partial charge is 0.143 e. The molecule has 58 heavy (non-hydrogen) atoms. The molecule has 0 aliphatic rings. The van der Waals surface area contributed by atoms with Crippen LogP contribution in [0.3, 0.4) is 0 Å². The third kappa shape index (κ3) is 5.05. The van der Waals surface area contributed by atoms with Gasteiger partial charge in [0, 0.05) is 33.0 Å². The molecule has 0 unspecified atom stereocenters. The highest BCUT2D eigenvalue weighted by Gasteiger charge is 2.21. The number of fused-ring (bicyclic) bond motifs is 2. The molecule has 2 aromatic heterocycles. The monoisotopic (exact) mass is 738 g/mol. The molecule has 0 saturated carbocycles. The zero-order chi connectivity index (χ0) is 38.2. The van der Waals surface area contributed by atoms with Gasteiger partial charge in [0.25, 0.3) is 0 Å². The van der Waals surface area contributed by atoms with Crippen molar-refractivity contribution in [1.82, 2.24) is 0 Å². The first kappa shape index (κ1) is 32.6. The Morgan fingerprint density at radius 1 is 0.259 bits per heavy atom. The third-order valence-electron chi connectivity index (χ3n) is 11.9. The van der Waals surface area contributed by atoms with Crippen LogP contribution in [0.15, 0.2) is 215 Å². The Kier molecular flexibility index (Phi) is 7.26. The number of para-hydroxylation sites is 2. The van der Waals surface area contributed by atoms with Crippen LogP contribution < -0.4 is 0 Å². The Morgan fingerprint density at radius 2 is 0.638 bits per heavy atom. The van der Waals surface area contributed by atoms with Crippen LogP contribution in [0.25, 0.3) is 121 Å². The molecule has 0 spiro atoms. The summed E-state index contributed by atoms with van der Waals surface area (Å²) < 4.78 is 13.1. The fourth-order valence-electron chi connectivity index (χ4n) is 9.24. The molecule has 2 heteroatoms. The van der Waals surface area contributed by atoms with Crippen molar-refractivity contribution in [2.75, 3.05) is 0 Å². The van der Waals surface area contributed by atoms with Gasteiger partial charge in [-0.05, 0) is 90.0 Å². The summed E-state index contributed by atoms with van der Waals surface area (Å²) in [7, 11) is 0. The lowest BCUT2D eigenvalue weighted by Gasteiger charge is -2.17. The molecule has 2 nitrogen and oxygen atoms in total. The van der Waals surface area contributed by atoms with Crippen molar-refractivity contribution >= 4 is 54.3 Å². The topological polar surface area (TPSA) is 26.3 Å². The van der Waals surface area contributed by atoms with E-state index in [-0.39, 0.29) is 0 Å². The lowest BCUT2D eigenvalue weighted by molar-refractivity contribution is 0.632. The Hall–Kier alpha value is -7.68. The minimum atomic E-state index is 0.889. The van der Waals surface area contributed by atoms with Crippen molar-refractivity contribution in [2.45, 2.75) is 0 Å². The van der Waals surface area contributed by atoms with Crippen LogP contribution >= 0.6 is 0 Å². The molecule has 0 aliphatic heterocycles. The lowest BCUT2D eigenvalue weighted by Crippen LogP contribution is -1.90. The number of benzene rings is 10. The van der Waals surface area contributed by atoms with Gasteiger partial charge in [-0.25, -0.2) is 0 Å². The molecule has 12 rings (SSSR count). The van der Waals surface area contributed by atoms with Gasteiger partial charge in [0.15, 0.2) is 0 Å². The fourth-order valence-corrected chi connectivity index (χ4v) is 9.24. The lowest BCUT2D eigenvalue weighted by atomic mass is 9.86. The van der Waals surface area contributed by atoms with Crippen LogP contribution in [0, 0.1) is 0 Å². The van der Waals surface area contributed by atoms with Crippen molar-refractivity contribution in [2.24, 2.45) is 0 Å². The minimum Gasteiger partial charge on any atom is -0.455 e. The van der Waals surface area contributed by atoms with E-state index in [1.807, 2.05) is 24.3 Å². The van der Waals surface area contributed by atoms with E-state index in [9.17, 15) is 0 Å². The molecule has 10 aromatic carbocycles. The van der Waals surface area contributed by atoms with Crippen molar-refractivity contribution in [3.8, 4) is 67.2 Å². The summed E-state index contributed by atoms with van der Waals surface area (Å²) in [6, 6.07) is 73.8. The molecule has 0 amide bonds. The van der Waals surface area contributed by atoms with E-state index in [0.29, 0.717) is 0 Å². The van der Waals surface area contributed by atoms with Gasteiger partial charge < -0.3 is 8.83 Å². The molecule has 0 N–H and O–H groups in total. The summed E-state index contributed by atoms with van der Waals surface area (Å²) in [5.41, 5.74) is 13.2. The summed E-state index contributed by atoms with van der Waals surface area (Å²) in [5, 5.41) is 9.79. The van der Waals surface area contributed by atoms with E-state index in [1.165, 1.54) is 54.6 Å². The predicted molar refractivity (Wildman–Crippen MR) is 242 cm³/mol. The van der Waals surface area contributed by atoms with E-state index in [4.69, 9.17) is 8.83 Å². The predicted octanol–water partition coefficient (Wildman–Crippen LogP) is 16.1. The van der Waals surface area contributed by atoms with Crippen LogP contribution in [-0.4, -0.2) is 0 Å². The van der Waals surface area contributed by atoms with Crippen LogP contribution in [0.4, 0.5) is 0 Å². The molecule has 2 heterocycles. The molecule has 0 bridgehead atoms. The second-order valence-corrected chi connectivity index (χ2v) is 15.1. The van der Waals surface area contributed by atoms with Crippen LogP contribution in [0.1, 0.15) is 0 Å². The summed E-state index contributed by atoms with van der Waals surface area (Å²) in [6.45, 7) is 0. The van der Waals surface area contributed by atoms with Gasteiger partial charge in [0.2, 0.25) is 0 Å². The van der Waals surface area contributed by atoms with Crippen LogP contribution in [-0.2, 0) is 0 Å². The first-order valence-corrected chi connectivity index (χ1v) is 19.8. The summed E-state index contributed by atoms with van der Waals surface area (Å²) in [4.78, 5) is 0. The standard InChI is InChI=1S/C56H34O2/c1-3-13-37(14-4-1)55-53(47-21-7-9-23-49(47)57-55)41-19-11-17-39(33-41)43-29-25-35-28-32-46-44(30-26-36-27-31-45(43)51(35)52(36)46)40-18-12-20-42(34-40)54-48-22-8-10-24-50(48)58-56(54)38-15-5-2-6-16-38/h1-34H.